The Morgan fingerprint density at radius 2 is 2.05 bits per heavy atom. The number of methoxy groups -OCH3 is 1. The van der Waals surface area contributed by atoms with Crippen molar-refractivity contribution in [2.45, 2.75) is 18.6 Å². The summed E-state index contributed by atoms with van der Waals surface area (Å²) in [5, 5.41) is 0. The lowest BCUT2D eigenvalue weighted by molar-refractivity contribution is -0.187. The number of ketones is 1. The first-order valence-electron chi connectivity index (χ1n) is 6.24. The first kappa shape index (κ1) is 14.0. The number of ether oxygens (including phenoxy) is 3. The number of nitrogens with zero attached hydrogens (tertiary/aromatic N) is 1. The maximum absolute atomic E-state index is 12.3. The van der Waals surface area contributed by atoms with Crippen LogP contribution in [0, 0.1) is 5.92 Å². The van der Waals surface area contributed by atoms with Crippen LogP contribution in [0.4, 0.5) is 0 Å². The number of rotatable bonds is 2. The van der Waals surface area contributed by atoms with Crippen molar-refractivity contribution in [1.82, 2.24) is 4.90 Å². The van der Waals surface area contributed by atoms with Crippen molar-refractivity contribution < 1.29 is 23.8 Å². The van der Waals surface area contributed by atoms with Crippen molar-refractivity contribution >= 4 is 11.8 Å². The maximum atomic E-state index is 12.3. The Labute approximate surface area is 112 Å². The highest BCUT2D eigenvalue weighted by molar-refractivity contribution is 6.09. The van der Waals surface area contributed by atoms with Crippen LogP contribution in [0.1, 0.15) is 12.8 Å². The van der Waals surface area contributed by atoms with E-state index in [1.165, 1.54) is 7.11 Å². The average Bonchev–Trinajstić information content (AvgIpc) is 2.80. The number of esters is 1. The van der Waals surface area contributed by atoms with E-state index in [9.17, 15) is 9.59 Å². The molecule has 2 rings (SSSR count). The van der Waals surface area contributed by atoms with E-state index in [-0.39, 0.29) is 12.2 Å². The minimum absolute atomic E-state index is 0.203. The fourth-order valence-corrected chi connectivity index (χ4v) is 2.55. The zero-order valence-electron chi connectivity index (χ0n) is 11.5. The zero-order valence-corrected chi connectivity index (χ0v) is 11.5. The molecule has 1 unspecified atom stereocenters. The van der Waals surface area contributed by atoms with E-state index in [0.717, 1.165) is 0 Å². The molecule has 19 heavy (non-hydrogen) atoms. The summed E-state index contributed by atoms with van der Waals surface area (Å²) in [5.74, 6) is -2.43. The third-order valence-corrected chi connectivity index (χ3v) is 3.32. The highest BCUT2D eigenvalue weighted by Gasteiger charge is 2.49. The minimum atomic E-state index is -0.853. The predicted octanol–water partition coefficient (Wildman–Crippen LogP) is 0.327. The Morgan fingerprint density at radius 3 is 2.58 bits per heavy atom. The molecule has 1 spiro atoms. The van der Waals surface area contributed by atoms with Gasteiger partial charge in [0.15, 0.2) is 11.6 Å². The molecular weight excluding hydrogens is 250 g/mol. The maximum Gasteiger partial charge on any atom is 0.316 e. The lowest BCUT2D eigenvalue weighted by Crippen LogP contribution is -2.45. The number of hydrogen-bond donors (Lipinski definition) is 0. The van der Waals surface area contributed by atoms with Gasteiger partial charge in [0.05, 0.1) is 20.3 Å². The van der Waals surface area contributed by atoms with Crippen LogP contribution in [0.25, 0.3) is 0 Å². The van der Waals surface area contributed by atoms with Crippen molar-refractivity contribution in [1.29, 1.82) is 0 Å². The van der Waals surface area contributed by atoms with Gasteiger partial charge in [-0.2, -0.15) is 0 Å². The summed E-state index contributed by atoms with van der Waals surface area (Å²) in [4.78, 5) is 25.8. The van der Waals surface area contributed by atoms with Gasteiger partial charge in [-0.05, 0) is 0 Å². The summed E-state index contributed by atoms with van der Waals surface area (Å²) >= 11 is 0. The Balaban J connectivity index is 2.30. The monoisotopic (exact) mass is 269 g/mol. The Morgan fingerprint density at radius 1 is 1.42 bits per heavy atom. The van der Waals surface area contributed by atoms with Gasteiger partial charge in [-0.25, -0.2) is 0 Å². The lowest BCUT2D eigenvalue weighted by Gasteiger charge is -2.35. The van der Waals surface area contributed by atoms with Gasteiger partial charge >= 0.3 is 5.97 Å². The van der Waals surface area contributed by atoms with Crippen molar-refractivity contribution in [3.8, 4) is 0 Å². The second-order valence-corrected chi connectivity index (χ2v) is 5.05. The molecule has 0 bridgehead atoms. The van der Waals surface area contributed by atoms with E-state index in [1.54, 1.807) is 11.1 Å². The van der Waals surface area contributed by atoms with Crippen LogP contribution >= 0.6 is 0 Å². The summed E-state index contributed by atoms with van der Waals surface area (Å²) in [5.41, 5.74) is 0.536. The molecule has 1 atom stereocenters. The van der Waals surface area contributed by atoms with E-state index >= 15 is 0 Å². The van der Waals surface area contributed by atoms with Crippen LogP contribution in [-0.4, -0.2) is 56.9 Å². The lowest BCUT2D eigenvalue weighted by atomic mass is 9.80. The molecule has 0 N–H and O–H groups in total. The van der Waals surface area contributed by atoms with Crippen LogP contribution in [0.15, 0.2) is 11.8 Å². The van der Waals surface area contributed by atoms with E-state index in [2.05, 4.69) is 0 Å². The highest BCUT2D eigenvalue weighted by atomic mass is 16.7. The first-order chi connectivity index (χ1) is 8.97. The molecule has 0 amide bonds. The first-order valence-corrected chi connectivity index (χ1v) is 6.24. The fraction of sp³-hybridized carbons (Fsp3) is 0.692. The summed E-state index contributed by atoms with van der Waals surface area (Å²) in [6, 6.07) is 0. The molecule has 1 saturated heterocycles. The van der Waals surface area contributed by atoms with Crippen LogP contribution < -0.4 is 0 Å². The third kappa shape index (κ3) is 2.79. The molecule has 0 aromatic carbocycles. The van der Waals surface area contributed by atoms with Gasteiger partial charge in [0.1, 0.15) is 5.92 Å². The molecule has 6 heteroatoms. The third-order valence-electron chi connectivity index (χ3n) is 3.32. The van der Waals surface area contributed by atoms with Gasteiger partial charge in [-0.3, -0.25) is 9.59 Å². The van der Waals surface area contributed by atoms with Crippen molar-refractivity contribution in [3.63, 3.8) is 0 Å². The molecule has 2 aliphatic rings. The molecule has 1 heterocycles. The van der Waals surface area contributed by atoms with Gasteiger partial charge in [0.2, 0.25) is 0 Å². The molecule has 1 aliphatic carbocycles. The summed E-state index contributed by atoms with van der Waals surface area (Å²) in [7, 11) is 4.93. The van der Waals surface area contributed by atoms with E-state index in [4.69, 9.17) is 14.2 Å². The summed E-state index contributed by atoms with van der Waals surface area (Å²) in [6.45, 7) is 0.967. The number of carbonyl (C=O) groups excluding carboxylic acids is 2. The second kappa shape index (κ2) is 5.30. The van der Waals surface area contributed by atoms with E-state index in [0.29, 0.717) is 25.2 Å². The van der Waals surface area contributed by atoms with Crippen LogP contribution in [-0.2, 0) is 23.8 Å². The molecule has 1 saturated carbocycles. The number of carbonyl (C=O) groups is 2. The Hall–Kier alpha value is -1.40. The zero-order chi connectivity index (χ0) is 14.0. The van der Waals surface area contributed by atoms with Gasteiger partial charge in [0.25, 0.3) is 0 Å². The molecule has 0 aromatic heterocycles. The van der Waals surface area contributed by atoms with Crippen molar-refractivity contribution in [2.75, 3.05) is 34.4 Å². The molecular formula is C13H19NO5. The van der Waals surface area contributed by atoms with E-state index < -0.39 is 17.7 Å². The average molecular weight is 269 g/mol. The normalized spacial score (nSPS) is 27.8. The highest BCUT2D eigenvalue weighted by Crippen LogP contribution is 2.40. The second-order valence-electron chi connectivity index (χ2n) is 5.05. The standard InChI is InChI=1S/C13H19NO5/c1-14(2)8-9-6-13(18-4-5-19-13)7-10(11(9)15)12(16)17-3/h8,10H,4-7H2,1-3H3/b9-8-. The van der Waals surface area contributed by atoms with Gasteiger partial charge in [-0.15, -0.1) is 0 Å². The minimum Gasteiger partial charge on any atom is -0.468 e. The van der Waals surface area contributed by atoms with Crippen LogP contribution in [0.5, 0.6) is 0 Å². The van der Waals surface area contributed by atoms with Gasteiger partial charge in [-0.1, -0.05) is 0 Å². The number of hydrogen-bond acceptors (Lipinski definition) is 6. The summed E-state index contributed by atoms with van der Waals surface area (Å²) in [6.07, 6.45) is 2.31. The van der Waals surface area contributed by atoms with Crippen LogP contribution in [0.2, 0.25) is 0 Å². The van der Waals surface area contributed by atoms with E-state index in [1.807, 2.05) is 14.1 Å². The quantitative estimate of drug-likeness (QED) is 0.409. The SMILES string of the molecule is COC(=O)C1CC2(C/C(=C/N(C)C)C1=O)OCCO2. The molecule has 0 radical (unpaired) electrons. The Kier molecular flexibility index (Phi) is 3.91. The molecule has 6 nitrogen and oxygen atoms in total. The van der Waals surface area contributed by atoms with Crippen LogP contribution in [0.3, 0.4) is 0 Å². The fourth-order valence-electron chi connectivity index (χ4n) is 2.55. The largest absolute Gasteiger partial charge is 0.468 e. The molecule has 1 aliphatic heterocycles. The molecule has 0 aromatic rings. The smallest absolute Gasteiger partial charge is 0.316 e. The van der Waals surface area contributed by atoms with Crippen molar-refractivity contribution in [2.24, 2.45) is 5.92 Å². The molecule has 106 valence electrons. The van der Waals surface area contributed by atoms with Crippen molar-refractivity contribution in [3.05, 3.63) is 11.8 Å². The summed E-state index contributed by atoms with van der Waals surface area (Å²) < 4.78 is 16.0. The topological polar surface area (TPSA) is 65.1 Å². The van der Waals surface area contributed by atoms with Gasteiger partial charge in [0, 0.05) is 38.7 Å². The predicted molar refractivity (Wildman–Crippen MR) is 66.2 cm³/mol. The number of Topliss-reactive ketones (excluding diaryl/α,β-unsaturated/α-hetero) is 1. The Bertz CT molecular complexity index is 409. The van der Waals surface area contributed by atoms with Gasteiger partial charge < -0.3 is 19.1 Å². The molecule has 2 fully saturated rings.